The minimum Gasteiger partial charge on any atom is -0.350 e. The van der Waals surface area contributed by atoms with Crippen LogP contribution in [-0.4, -0.2) is 63.2 Å². The molecule has 3 heterocycles. The number of nitrogens with zero attached hydrogens (tertiary/aromatic N) is 4. The van der Waals surface area contributed by atoms with Gasteiger partial charge in [-0.15, -0.1) is 0 Å². The van der Waals surface area contributed by atoms with E-state index in [1.165, 1.54) is 4.57 Å². The summed E-state index contributed by atoms with van der Waals surface area (Å²) in [6.07, 6.45) is 5.51. The molecule has 1 aliphatic carbocycles. The van der Waals surface area contributed by atoms with Crippen molar-refractivity contribution in [3.63, 3.8) is 0 Å². The van der Waals surface area contributed by atoms with E-state index in [1.54, 1.807) is 27.7 Å². The highest BCUT2D eigenvalue weighted by molar-refractivity contribution is 5.92. The van der Waals surface area contributed by atoms with Gasteiger partial charge in [0.2, 0.25) is 5.91 Å². The molecular formula is C27H37N7O4. The largest absolute Gasteiger partial charge is 0.350 e. The highest BCUT2D eigenvalue weighted by Crippen LogP contribution is 2.30. The molecular weight excluding hydrogens is 486 g/mol. The average Bonchev–Trinajstić information content (AvgIpc) is 3.64. The number of benzene rings is 1. The van der Waals surface area contributed by atoms with Crippen molar-refractivity contribution in [2.24, 2.45) is 5.92 Å². The number of likely N-dealkylation sites (tertiary alicyclic amines) is 1. The molecule has 1 aromatic carbocycles. The quantitative estimate of drug-likeness (QED) is 0.533. The second-order valence-corrected chi connectivity index (χ2v) is 11.0. The van der Waals surface area contributed by atoms with Crippen LogP contribution in [0, 0.1) is 5.92 Å². The molecule has 2 atom stereocenters. The van der Waals surface area contributed by atoms with Crippen molar-refractivity contribution in [3.05, 3.63) is 50.8 Å². The maximum Gasteiger partial charge on any atom is 0.331 e. The Morgan fingerprint density at radius 2 is 1.92 bits per heavy atom. The Bertz CT molecular complexity index is 1400. The summed E-state index contributed by atoms with van der Waals surface area (Å²) in [5, 5.41) is 8.21. The molecule has 5 rings (SSSR count). The zero-order valence-corrected chi connectivity index (χ0v) is 22.5. The van der Waals surface area contributed by atoms with E-state index in [9.17, 15) is 19.2 Å². The first-order valence-corrected chi connectivity index (χ1v) is 13.5. The molecule has 2 aliphatic heterocycles. The van der Waals surface area contributed by atoms with Gasteiger partial charge in [-0.25, -0.2) is 15.0 Å². The van der Waals surface area contributed by atoms with Crippen LogP contribution in [0.15, 0.2) is 39.6 Å². The van der Waals surface area contributed by atoms with Crippen LogP contribution in [0.5, 0.6) is 0 Å². The first-order chi connectivity index (χ1) is 18.1. The van der Waals surface area contributed by atoms with Crippen molar-refractivity contribution in [3.8, 4) is 0 Å². The third kappa shape index (κ3) is 5.20. The highest BCUT2D eigenvalue weighted by atomic mass is 16.2. The lowest BCUT2D eigenvalue weighted by Gasteiger charge is -2.33. The summed E-state index contributed by atoms with van der Waals surface area (Å²) in [6.45, 7) is 7.19. The van der Waals surface area contributed by atoms with Gasteiger partial charge in [0.05, 0.1) is 10.9 Å². The van der Waals surface area contributed by atoms with Crippen LogP contribution in [0.2, 0.25) is 0 Å². The molecule has 1 unspecified atom stereocenters. The van der Waals surface area contributed by atoms with E-state index in [2.05, 4.69) is 16.1 Å². The predicted molar refractivity (Wildman–Crippen MR) is 146 cm³/mol. The van der Waals surface area contributed by atoms with Crippen LogP contribution in [0.25, 0.3) is 10.9 Å². The van der Waals surface area contributed by atoms with Gasteiger partial charge < -0.3 is 20.5 Å². The lowest BCUT2D eigenvalue weighted by atomic mass is 10.1. The number of nitrogens with one attached hydrogen (secondary N) is 3. The molecule has 204 valence electrons. The lowest BCUT2D eigenvalue weighted by Crippen LogP contribution is -2.54. The van der Waals surface area contributed by atoms with Crippen LogP contribution >= 0.6 is 0 Å². The minimum absolute atomic E-state index is 0.115. The number of aromatic nitrogens is 2. The summed E-state index contributed by atoms with van der Waals surface area (Å²) < 4.78 is 2.99. The van der Waals surface area contributed by atoms with E-state index in [0.717, 1.165) is 31.4 Å². The van der Waals surface area contributed by atoms with Crippen LogP contribution < -0.4 is 27.3 Å². The molecule has 3 N–H and O–H groups in total. The van der Waals surface area contributed by atoms with Crippen molar-refractivity contribution in [2.75, 3.05) is 25.5 Å². The molecule has 2 fully saturated rings. The number of hydrazine groups is 1. The Labute approximate surface area is 221 Å². The van der Waals surface area contributed by atoms with Gasteiger partial charge in [-0.1, -0.05) is 0 Å². The Balaban J connectivity index is 1.31. The molecule has 11 nitrogen and oxygen atoms in total. The Morgan fingerprint density at radius 1 is 1.16 bits per heavy atom. The minimum atomic E-state index is -0.422. The number of hydrogen-bond acceptors (Lipinski definition) is 6. The fraction of sp³-hybridized carbons (Fsp3) is 0.556. The maximum absolute atomic E-state index is 13.3. The van der Waals surface area contributed by atoms with Gasteiger partial charge >= 0.3 is 11.7 Å². The molecule has 3 amide bonds. The summed E-state index contributed by atoms with van der Waals surface area (Å²) in [5.74, 6) is 0.258. The van der Waals surface area contributed by atoms with Gasteiger partial charge in [-0.3, -0.25) is 18.7 Å². The maximum atomic E-state index is 13.3. The van der Waals surface area contributed by atoms with Crippen LogP contribution in [-0.2, 0) is 11.3 Å². The average molecular weight is 524 g/mol. The highest BCUT2D eigenvalue weighted by Gasteiger charge is 2.30. The third-order valence-electron chi connectivity index (χ3n) is 7.68. The molecule has 1 saturated heterocycles. The summed E-state index contributed by atoms with van der Waals surface area (Å²) in [6, 6.07) is 4.16. The molecule has 38 heavy (non-hydrogen) atoms. The molecule has 2 aromatic rings. The number of hydrogen-bond donors (Lipinski definition) is 3. The monoisotopic (exact) mass is 523 g/mol. The van der Waals surface area contributed by atoms with E-state index >= 15 is 0 Å². The standard InChI is InChI=1S/C27H37N7O4/c1-16(2)34-23-10-9-19(13-21(23)25(36)33(27(34)38)14-18-7-8-18)29-26(37)32-11-5-6-20(15-32)28-24(35)22-12-17(3)31(4)30-22/h9-10,12-13,16,18,20,22,30H,5-8,11,14-15H2,1-4H3,(H,28,35)(H,29,37)/t20-,22?/m1/s1. The van der Waals surface area contributed by atoms with E-state index in [1.807, 2.05) is 38.9 Å². The number of carbonyl (C=O) groups is 2. The number of piperidine rings is 1. The van der Waals surface area contributed by atoms with Gasteiger partial charge in [-0.2, -0.15) is 0 Å². The van der Waals surface area contributed by atoms with Crippen molar-refractivity contribution in [2.45, 2.75) is 71.1 Å². The second-order valence-electron chi connectivity index (χ2n) is 11.0. The predicted octanol–water partition coefficient (Wildman–Crippen LogP) is 1.99. The SMILES string of the molecule is CC1=CC(C(=O)N[C@@H]2CCCN(C(=O)Nc3ccc4c(c3)c(=O)n(CC3CC3)c(=O)n4C(C)C)C2)NN1C. The fourth-order valence-corrected chi connectivity index (χ4v) is 5.29. The van der Waals surface area contributed by atoms with Crippen molar-refractivity contribution in [1.29, 1.82) is 0 Å². The second kappa shape index (κ2) is 10.3. The van der Waals surface area contributed by atoms with Crippen molar-refractivity contribution in [1.82, 2.24) is 29.8 Å². The number of fused-ring (bicyclic) bond motifs is 1. The van der Waals surface area contributed by atoms with Gasteiger partial charge in [0.15, 0.2) is 0 Å². The zero-order chi connectivity index (χ0) is 27.1. The van der Waals surface area contributed by atoms with E-state index in [4.69, 9.17) is 0 Å². The Hall–Kier alpha value is -3.60. The lowest BCUT2D eigenvalue weighted by molar-refractivity contribution is -0.123. The normalized spacial score (nSPS) is 21.7. The first kappa shape index (κ1) is 26.0. The third-order valence-corrected chi connectivity index (χ3v) is 7.68. The Kier molecular flexibility index (Phi) is 7.04. The number of rotatable bonds is 6. The number of carbonyl (C=O) groups excluding carboxylic acids is 2. The van der Waals surface area contributed by atoms with Crippen molar-refractivity contribution < 1.29 is 9.59 Å². The molecule has 3 aliphatic rings. The van der Waals surface area contributed by atoms with Crippen LogP contribution in [0.1, 0.15) is 52.5 Å². The summed E-state index contributed by atoms with van der Waals surface area (Å²) >= 11 is 0. The van der Waals surface area contributed by atoms with E-state index in [0.29, 0.717) is 42.1 Å². The molecule has 1 aromatic heterocycles. The number of allylic oxidation sites excluding steroid dienone is 1. The summed E-state index contributed by atoms with van der Waals surface area (Å²) in [7, 11) is 1.86. The number of urea groups is 1. The smallest absolute Gasteiger partial charge is 0.331 e. The van der Waals surface area contributed by atoms with Gasteiger partial charge in [0.25, 0.3) is 5.56 Å². The van der Waals surface area contributed by atoms with Gasteiger partial charge in [-0.05, 0) is 76.6 Å². The van der Waals surface area contributed by atoms with E-state index in [-0.39, 0.29) is 35.3 Å². The van der Waals surface area contributed by atoms with Crippen LogP contribution in [0.4, 0.5) is 10.5 Å². The summed E-state index contributed by atoms with van der Waals surface area (Å²) in [4.78, 5) is 53.9. The molecule has 11 heteroatoms. The number of amides is 3. The fourth-order valence-electron chi connectivity index (χ4n) is 5.29. The summed E-state index contributed by atoms with van der Waals surface area (Å²) in [5.41, 5.74) is 4.54. The molecule has 0 bridgehead atoms. The molecule has 0 radical (unpaired) electrons. The topological polar surface area (TPSA) is 121 Å². The molecule has 1 saturated carbocycles. The van der Waals surface area contributed by atoms with Crippen molar-refractivity contribution >= 4 is 28.5 Å². The Morgan fingerprint density at radius 3 is 2.58 bits per heavy atom. The van der Waals surface area contributed by atoms with Crippen LogP contribution in [0.3, 0.4) is 0 Å². The first-order valence-electron chi connectivity index (χ1n) is 13.5. The van der Waals surface area contributed by atoms with E-state index < -0.39 is 6.04 Å². The molecule has 0 spiro atoms. The van der Waals surface area contributed by atoms with Gasteiger partial charge in [0, 0.05) is 50.2 Å². The van der Waals surface area contributed by atoms with Gasteiger partial charge in [0.1, 0.15) is 6.04 Å². The number of anilines is 1. The zero-order valence-electron chi connectivity index (χ0n) is 22.5.